The minimum Gasteiger partial charge on any atom is -0.397 e. The number of nitrogens with one attached hydrogen (secondary N) is 1. The highest BCUT2D eigenvalue weighted by Crippen LogP contribution is 2.28. The summed E-state index contributed by atoms with van der Waals surface area (Å²) in [5, 5.41) is 3.41. The van der Waals surface area contributed by atoms with Crippen LogP contribution in [0.15, 0.2) is 18.2 Å². The van der Waals surface area contributed by atoms with Crippen molar-refractivity contribution in [2.24, 2.45) is 5.92 Å². The third kappa shape index (κ3) is 2.32. The van der Waals surface area contributed by atoms with Gasteiger partial charge in [-0.25, -0.2) is 0 Å². The van der Waals surface area contributed by atoms with Crippen molar-refractivity contribution in [2.45, 2.75) is 19.3 Å². The Bertz CT molecular complexity index is 321. The summed E-state index contributed by atoms with van der Waals surface area (Å²) >= 11 is 2.27. The highest BCUT2D eigenvalue weighted by atomic mass is 127. The Labute approximate surface area is 98.4 Å². The van der Waals surface area contributed by atoms with Crippen LogP contribution in [0, 0.1) is 9.49 Å². The van der Waals surface area contributed by atoms with Crippen LogP contribution in [0.4, 0.5) is 11.4 Å². The quantitative estimate of drug-likeness (QED) is 0.665. The second-order valence-corrected chi connectivity index (χ2v) is 5.16. The zero-order valence-corrected chi connectivity index (χ0v) is 10.3. The zero-order chi connectivity index (χ0) is 9.97. The van der Waals surface area contributed by atoms with E-state index in [9.17, 15) is 0 Å². The fourth-order valence-electron chi connectivity index (χ4n) is 1.65. The van der Waals surface area contributed by atoms with Crippen LogP contribution in [0.2, 0.25) is 0 Å². The lowest BCUT2D eigenvalue weighted by molar-refractivity contribution is 0.333. The van der Waals surface area contributed by atoms with Crippen LogP contribution in [-0.4, -0.2) is 6.54 Å². The number of hydrogen-bond acceptors (Lipinski definition) is 2. The summed E-state index contributed by atoms with van der Waals surface area (Å²) in [5.41, 5.74) is 7.84. The molecule has 0 heterocycles. The molecule has 0 aliphatic heterocycles. The van der Waals surface area contributed by atoms with Crippen LogP contribution >= 0.6 is 22.6 Å². The van der Waals surface area contributed by atoms with Crippen LogP contribution < -0.4 is 11.1 Å². The average molecular weight is 302 g/mol. The van der Waals surface area contributed by atoms with Gasteiger partial charge in [-0.15, -0.1) is 0 Å². The van der Waals surface area contributed by atoms with Gasteiger partial charge in [-0.2, -0.15) is 0 Å². The third-order valence-corrected chi connectivity index (χ3v) is 3.49. The summed E-state index contributed by atoms with van der Waals surface area (Å²) in [6, 6.07) is 6.15. The van der Waals surface area contributed by atoms with Crippen LogP contribution in [-0.2, 0) is 0 Å². The van der Waals surface area contributed by atoms with Crippen LogP contribution in [0.25, 0.3) is 0 Å². The molecule has 0 unspecified atom stereocenters. The lowest BCUT2D eigenvalue weighted by Gasteiger charge is -2.26. The van der Waals surface area contributed by atoms with E-state index in [4.69, 9.17) is 5.73 Å². The summed E-state index contributed by atoms with van der Waals surface area (Å²) < 4.78 is 1.19. The monoisotopic (exact) mass is 302 g/mol. The molecule has 14 heavy (non-hydrogen) atoms. The number of halogens is 1. The third-order valence-electron chi connectivity index (χ3n) is 2.82. The molecule has 3 heteroatoms. The van der Waals surface area contributed by atoms with Gasteiger partial charge in [-0.3, -0.25) is 0 Å². The topological polar surface area (TPSA) is 38.0 Å². The second kappa shape index (κ2) is 4.38. The zero-order valence-electron chi connectivity index (χ0n) is 8.09. The molecule has 1 aliphatic carbocycles. The minimum atomic E-state index is 0.858. The first-order valence-electron chi connectivity index (χ1n) is 5.04. The number of benzene rings is 1. The van der Waals surface area contributed by atoms with Gasteiger partial charge < -0.3 is 11.1 Å². The Morgan fingerprint density at radius 3 is 2.79 bits per heavy atom. The van der Waals surface area contributed by atoms with Crippen LogP contribution in [0.3, 0.4) is 0 Å². The standard InChI is InChI=1S/C11H15IN2/c12-9-4-5-11(10(13)6-9)14-7-8-2-1-3-8/h4-6,8,14H,1-3,7,13H2. The summed E-state index contributed by atoms with van der Waals surface area (Å²) in [6.45, 7) is 1.07. The lowest BCUT2D eigenvalue weighted by Crippen LogP contribution is -2.21. The molecule has 0 radical (unpaired) electrons. The molecule has 0 bridgehead atoms. The Kier molecular flexibility index (Phi) is 3.15. The SMILES string of the molecule is Nc1cc(I)ccc1NCC1CCC1. The first kappa shape index (κ1) is 10.1. The highest BCUT2D eigenvalue weighted by Gasteiger charge is 2.16. The molecule has 1 aliphatic rings. The molecule has 1 saturated carbocycles. The predicted molar refractivity (Wildman–Crippen MR) is 69.4 cm³/mol. The molecular weight excluding hydrogens is 287 g/mol. The average Bonchev–Trinajstić information content (AvgIpc) is 2.05. The fourth-order valence-corrected chi connectivity index (χ4v) is 2.16. The summed E-state index contributed by atoms with van der Waals surface area (Å²) in [5.74, 6) is 0.869. The Morgan fingerprint density at radius 1 is 1.43 bits per heavy atom. The van der Waals surface area contributed by atoms with Gasteiger partial charge in [0, 0.05) is 10.1 Å². The Morgan fingerprint density at radius 2 is 2.21 bits per heavy atom. The van der Waals surface area contributed by atoms with Crippen molar-refractivity contribution in [3.8, 4) is 0 Å². The minimum absolute atomic E-state index is 0.858. The largest absolute Gasteiger partial charge is 0.397 e. The maximum atomic E-state index is 5.90. The van der Waals surface area contributed by atoms with Gasteiger partial charge in [0.2, 0.25) is 0 Å². The van der Waals surface area contributed by atoms with Crippen molar-refractivity contribution in [2.75, 3.05) is 17.6 Å². The van der Waals surface area contributed by atoms with Crippen molar-refractivity contribution < 1.29 is 0 Å². The smallest absolute Gasteiger partial charge is 0.0574 e. The lowest BCUT2D eigenvalue weighted by atomic mass is 9.85. The first-order valence-corrected chi connectivity index (χ1v) is 6.12. The Hall–Kier alpha value is -0.450. The normalized spacial score (nSPS) is 16.4. The van der Waals surface area contributed by atoms with E-state index in [1.807, 2.05) is 6.07 Å². The van der Waals surface area contributed by atoms with Gasteiger partial charge in [0.05, 0.1) is 11.4 Å². The number of nitrogens with two attached hydrogens (primary N) is 1. The van der Waals surface area contributed by atoms with E-state index in [0.29, 0.717) is 0 Å². The molecule has 1 aromatic carbocycles. The number of hydrogen-bond donors (Lipinski definition) is 2. The van der Waals surface area contributed by atoms with Crippen molar-refractivity contribution in [3.05, 3.63) is 21.8 Å². The first-order chi connectivity index (χ1) is 6.75. The molecule has 2 nitrogen and oxygen atoms in total. The molecule has 0 amide bonds. The summed E-state index contributed by atoms with van der Waals surface area (Å²) in [4.78, 5) is 0. The molecular formula is C11H15IN2. The summed E-state index contributed by atoms with van der Waals surface area (Å²) in [7, 11) is 0. The van der Waals surface area contributed by atoms with Crippen LogP contribution in [0.1, 0.15) is 19.3 Å². The maximum Gasteiger partial charge on any atom is 0.0574 e. The van der Waals surface area contributed by atoms with Gasteiger partial charge in [0.15, 0.2) is 0 Å². The highest BCUT2D eigenvalue weighted by molar-refractivity contribution is 14.1. The molecule has 2 rings (SSSR count). The van der Waals surface area contributed by atoms with E-state index in [1.165, 1.54) is 22.8 Å². The van der Waals surface area contributed by atoms with Gasteiger partial charge in [0.25, 0.3) is 0 Å². The Balaban J connectivity index is 1.94. The van der Waals surface area contributed by atoms with E-state index < -0.39 is 0 Å². The molecule has 0 spiro atoms. The molecule has 76 valence electrons. The number of anilines is 2. The van der Waals surface area contributed by atoms with E-state index in [-0.39, 0.29) is 0 Å². The van der Waals surface area contributed by atoms with E-state index in [2.05, 4.69) is 40.0 Å². The number of rotatable bonds is 3. The van der Waals surface area contributed by atoms with Gasteiger partial charge in [0.1, 0.15) is 0 Å². The fraction of sp³-hybridized carbons (Fsp3) is 0.455. The second-order valence-electron chi connectivity index (χ2n) is 3.91. The van der Waals surface area contributed by atoms with Gasteiger partial charge in [-0.05, 0) is 59.5 Å². The molecule has 3 N–H and O–H groups in total. The van der Waals surface area contributed by atoms with Crippen LogP contribution in [0.5, 0.6) is 0 Å². The van der Waals surface area contributed by atoms with Gasteiger partial charge in [-0.1, -0.05) is 6.42 Å². The molecule has 1 aromatic rings. The summed E-state index contributed by atoms with van der Waals surface area (Å²) in [6.07, 6.45) is 4.14. The van der Waals surface area contributed by atoms with Gasteiger partial charge >= 0.3 is 0 Å². The predicted octanol–water partition coefficient (Wildman–Crippen LogP) is 3.09. The molecule has 0 aromatic heterocycles. The maximum absolute atomic E-state index is 5.90. The van der Waals surface area contributed by atoms with E-state index in [1.54, 1.807) is 0 Å². The van der Waals surface area contributed by atoms with Crippen molar-refractivity contribution in [1.29, 1.82) is 0 Å². The molecule has 0 atom stereocenters. The van der Waals surface area contributed by atoms with Crippen molar-refractivity contribution in [3.63, 3.8) is 0 Å². The molecule has 1 fully saturated rings. The number of nitrogen functional groups attached to an aromatic ring is 1. The van der Waals surface area contributed by atoms with Crippen molar-refractivity contribution >= 4 is 34.0 Å². The van der Waals surface area contributed by atoms with E-state index >= 15 is 0 Å². The molecule has 0 saturated heterocycles. The van der Waals surface area contributed by atoms with Crippen molar-refractivity contribution in [1.82, 2.24) is 0 Å². The van der Waals surface area contributed by atoms with E-state index in [0.717, 1.165) is 23.8 Å².